The lowest BCUT2D eigenvalue weighted by Gasteiger charge is -2.19. The molecule has 2 aromatic rings. The van der Waals surface area contributed by atoms with Crippen molar-refractivity contribution < 1.29 is 14.3 Å². The van der Waals surface area contributed by atoms with Gasteiger partial charge in [0.05, 0.1) is 5.02 Å². The van der Waals surface area contributed by atoms with E-state index >= 15 is 0 Å². The minimum absolute atomic E-state index is 0.179. The molecule has 0 unspecified atom stereocenters. The number of ketones is 1. The molecular weight excluding hydrogens is 290 g/mol. The number of nitrogens with two attached hydrogens (primary N) is 1. The second-order valence-corrected chi connectivity index (χ2v) is 5.23. The number of hydrogen-bond donors (Lipinski definition) is 1. The Morgan fingerprint density at radius 3 is 2.52 bits per heavy atom. The Morgan fingerprint density at radius 2 is 1.81 bits per heavy atom. The van der Waals surface area contributed by atoms with Crippen LogP contribution in [0, 0.1) is 6.92 Å². The normalized spacial score (nSPS) is 13.0. The first kappa shape index (κ1) is 13.8. The number of nitrogen functional groups attached to an aromatic ring is 1. The summed E-state index contributed by atoms with van der Waals surface area (Å²) in [5.41, 5.74) is 8.10. The molecule has 0 saturated carbocycles. The fraction of sp³-hybridized carbons (Fsp3) is 0.188. The minimum atomic E-state index is -0.179. The van der Waals surface area contributed by atoms with Gasteiger partial charge in [-0.05, 0) is 24.6 Å². The molecule has 108 valence electrons. The van der Waals surface area contributed by atoms with E-state index in [1.54, 1.807) is 30.3 Å². The fourth-order valence-electron chi connectivity index (χ4n) is 2.28. The first-order valence-corrected chi connectivity index (χ1v) is 6.94. The summed E-state index contributed by atoms with van der Waals surface area (Å²) in [6.45, 7) is 2.75. The van der Waals surface area contributed by atoms with Crippen molar-refractivity contribution in [1.82, 2.24) is 0 Å². The zero-order valence-corrected chi connectivity index (χ0v) is 12.2. The van der Waals surface area contributed by atoms with Gasteiger partial charge in [0.25, 0.3) is 0 Å². The highest BCUT2D eigenvalue weighted by molar-refractivity contribution is 6.35. The molecule has 0 bridgehead atoms. The summed E-state index contributed by atoms with van der Waals surface area (Å²) in [6, 6.07) is 8.49. The van der Waals surface area contributed by atoms with Crippen molar-refractivity contribution >= 4 is 23.1 Å². The van der Waals surface area contributed by atoms with Crippen LogP contribution >= 0.6 is 11.6 Å². The van der Waals surface area contributed by atoms with Gasteiger partial charge in [-0.15, -0.1) is 0 Å². The Hall–Kier alpha value is -2.20. The number of fused-ring (bicyclic) bond motifs is 1. The highest BCUT2D eigenvalue weighted by Crippen LogP contribution is 2.36. The van der Waals surface area contributed by atoms with Crippen molar-refractivity contribution in [2.45, 2.75) is 6.92 Å². The summed E-state index contributed by atoms with van der Waals surface area (Å²) in [4.78, 5) is 12.7. The highest BCUT2D eigenvalue weighted by atomic mass is 35.5. The lowest BCUT2D eigenvalue weighted by atomic mass is 9.97. The molecule has 2 aromatic carbocycles. The maximum atomic E-state index is 12.7. The molecule has 21 heavy (non-hydrogen) atoms. The lowest BCUT2D eigenvalue weighted by Crippen LogP contribution is -2.16. The number of benzene rings is 2. The molecule has 0 radical (unpaired) electrons. The lowest BCUT2D eigenvalue weighted by molar-refractivity contribution is 0.103. The van der Waals surface area contributed by atoms with E-state index in [1.165, 1.54) is 0 Å². The van der Waals surface area contributed by atoms with E-state index < -0.39 is 0 Å². The number of halogens is 1. The van der Waals surface area contributed by atoms with Gasteiger partial charge in [-0.25, -0.2) is 0 Å². The number of carbonyl (C=O) groups is 1. The Balaban J connectivity index is 2.07. The van der Waals surface area contributed by atoms with Gasteiger partial charge in [0.2, 0.25) is 0 Å². The molecule has 0 saturated heterocycles. The number of hydrogen-bond acceptors (Lipinski definition) is 4. The smallest absolute Gasteiger partial charge is 0.195 e. The average molecular weight is 304 g/mol. The first-order chi connectivity index (χ1) is 10.1. The van der Waals surface area contributed by atoms with Crippen LogP contribution in [0.25, 0.3) is 0 Å². The van der Waals surface area contributed by atoms with Crippen LogP contribution in [0.2, 0.25) is 5.02 Å². The summed E-state index contributed by atoms with van der Waals surface area (Å²) in [7, 11) is 0. The van der Waals surface area contributed by atoms with Gasteiger partial charge in [0.15, 0.2) is 17.3 Å². The van der Waals surface area contributed by atoms with Crippen LogP contribution in [-0.4, -0.2) is 19.0 Å². The minimum Gasteiger partial charge on any atom is -0.486 e. The van der Waals surface area contributed by atoms with Crippen LogP contribution in [0.5, 0.6) is 11.5 Å². The quantitative estimate of drug-likeness (QED) is 0.683. The van der Waals surface area contributed by atoms with Gasteiger partial charge in [-0.3, -0.25) is 4.79 Å². The van der Waals surface area contributed by atoms with Crippen LogP contribution in [0.1, 0.15) is 21.5 Å². The molecule has 0 aromatic heterocycles. The molecule has 5 heteroatoms. The molecule has 0 aliphatic carbocycles. The maximum absolute atomic E-state index is 12.7. The predicted octanol–water partition coefficient (Wildman–Crippen LogP) is 3.23. The van der Waals surface area contributed by atoms with Crippen LogP contribution in [0.3, 0.4) is 0 Å². The molecule has 1 aliphatic heterocycles. The summed E-state index contributed by atoms with van der Waals surface area (Å²) in [5.74, 6) is 0.921. The van der Waals surface area contributed by atoms with Crippen molar-refractivity contribution in [2.75, 3.05) is 18.9 Å². The number of rotatable bonds is 2. The van der Waals surface area contributed by atoms with Crippen molar-refractivity contribution in [3.05, 3.63) is 52.0 Å². The number of ether oxygens (including phenoxy) is 2. The Kier molecular flexibility index (Phi) is 3.47. The van der Waals surface area contributed by atoms with E-state index in [0.29, 0.717) is 46.5 Å². The van der Waals surface area contributed by atoms with Gasteiger partial charge < -0.3 is 15.2 Å². The molecule has 4 nitrogen and oxygen atoms in total. The van der Waals surface area contributed by atoms with Gasteiger partial charge in [0, 0.05) is 22.9 Å². The zero-order chi connectivity index (χ0) is 15.0. The largest absolute Gasteiger partial charge is 0.486 e. The van der Waals surface area contributed by atoms with E-state index in [2.05, 4.69) is 0 Å². The van der Waals surface area contributed by atoms with E-state index in [9.17, 15) is 4.79 Å². The number of anilines is 1. The van der Waals surface area contributed by atoms with Crippen molar-refractivity contribution in [2.24, 2.45) is 0 Å². The Labute approximate surface area is 127 Å². The third-order valence-electron chi connectivity index (χ3n) is 3.50. The Morgan fingerprint density at radius 1 is 1.14 bits per heavy atom. The zero-order valence-electron chi connectivity index (χ0n) is 11.5. The molecule has 0 atom stereocenters. The van der Waals surface area contributed by atoms with Crippen LogP contribution < -0.4 is 15.2 Å². The molecule has 0 amide bonds. The Bertz CT molecular complexity index is 728. The first-order valence-electron chi connectivity index (χ1n) is 6.57. The third kappa shape index (κ3) is 2.43. The van der Waals surface area contributed by atoms with Crippen LogP contribution in [-0.2, 0) is 0 Å². The maximum Gasteiger partial charge on any atom is 0.195 e. The van der Waals surface area contributed by atoms with E-state index in [-0.39, 0.29) is 5.78 Å². The fourth-order valence-corrected chi connectivity index (χ4v) is 2.52. The molecule has 3 rings (SSSR count). The second kappa shape index (κ2) is 5.30. The van der Waals surface area contributed by atoms with Crippen molar-refractivity contribution in [1.29, 1.82) is 0 Å². The van der Waals surface area contributed by atoms with Crippen LogP contribution in [0.15, 0.2) is 30.3 Å². The standard InChI is InChI=1S/C16H14ClNO3/c1-9-10(3-2-4-13(9)18)16(19)11-7-14-15(8-12(11)17)21-6-5-20-14/h2-4,7-8H,5-6,18H2,1H3. The summed E-state index contributed by atoms with van der Waals surface area (Å²) in [5, 5.41) is 0.339. The summed E-state index contributed by atoms with van der Waals surface area (Å²) < 4.78 is 10.9. The highest BCUT2D eigenvalue weighted by Gasteiger charge is 2.21. The van der Waals surface area contributed by atoms with Gasteiger partial charge in [-0.2, -0.15) is 0 Å². The van der Waals surface area contributed by atoms with E-state index in [4.69, 9.17) is 26.8 Å². The summed E-state index contributed by atoms with van der Waals surface area (Å²) in [6.07, 6.45) is 0. The van der Waals surface area contributed by atoms with E-state index in [0.717, 1.165) is 5.56 Å². The monoisotopic (exact) mass is 303 g/mol. The summed E-state index contributed by atoms with van der Waals surface area (Å²) >= 11 is 6.21. The van der Waals surface area contributed by atoms with Crippen molar-refractivity contribution in [3.8, 4) is 11.5 Å². The molecule has 1 heterocycles. The van der Waals surface area contributed by atoms with Gasteiger partial charge in [-0.1, -0.05) is 23.7 Å². The van der Waals surface area contributed by atoms with E-state index in [1.807, 2.05) is 6.92 Å². The van der Waals surface area contributed by atoms with Gasteiger partial charge >= 0.3 is 0 Å². The molecule has 1 aliphatic rings. The molecular formula is C16H14ClNO3. The molecule has 0 fully saturated rings. The average Bonchev–Trinajstić information content (AvgIpc) is 2.48. The second-order valence-electron chi connectivity index (χ2n) is 4.82. The van der Waals surface area contributed by atoms with Crippen LogP contribution in [0.4, 0.5) is 5.69 Å². The number of carbonyl (C=O) groups excluding carboxylic acids is 1. The van der Waals surface area contributed by atoms with Gasteiger partial charge in [0.1, 0.15) is 13.2 Å². The topological polar surface area (TPSA) is 61.6 Å². The van der Waals surface area contributed by atoms with Crippen molar-refractivity contribution in [3.63, 3.8) is 0 Å². The third-order valence-corrected chi connectivity index (χ3v) is 3.81. The SMILES string of the molecule is Cc1c(N)cccc1C(=O)c1cc2c(cc1Cl)OCCO2. The molecule has 2 N–H and O–H groups in total. The predicted molar refractivity (Wildman–Crippen MR) is 81.5 cm³/mol. The molecule has 0 spiro atoms.